The Morgan fingerprint density at radius 2 is 1.68 bits per heavy atom. The first-order chi connectivity index (χ1) is 9.15. The molecule has 2 rings (SSSR count). The van der Waals surface area contributed by atoms with E-state index in [1.54, 1.807) is 26.4 Å². The molecule has 1 N–H and O–H groups in total. The average Bonchev–Trinajstić information content (AvgIpc) is 2.46. The molecule has 0 bridgehead atoms. The topological polar surface area (TPSA) is 38.7 Å². The Morgan fingerprint density at radius 1 is 1.00 bits per heavy atom. The Labute approximate surface area is 120 Å². The van der Waals surface area contributed by atoms with E-state index in [2.05, 4.69) is 15.9 Å². The van der Waals surface area contributed by atoms with Crippen LogP contribution in [0.2, 0.25) is 0 Å². The lowest BCUT2D eigenvalue weighted by molar-refractivity contribution is 0.214. The summed E-state index contributed by atoms with van der Waals surface area (Å²) in [6, 6.07) is 12.9. The van der Waals surface area contributed by atoms with Crippen LogP contribution in [0.5, 0.6) is 11.5 Å². The standard InChI is InChI=1S/C15H15BrO3/c1-18-12-7-8-13(14(9-12)19-2)15(17)10-3-5-11(16)6-4-10/h3-9,15,17H,1-2H3/t15-/m1/s1. The van der Waals surface area contributed by atoms with E-state index in [1.165, 1.54) is 0 Å². The van der Waals surface area contributed by atoms with Gasteiger partial charge >= 0.3 is 0 Å². The molecule has 100 valence electrons. The third kappa shape index (κ3) is 3.08. The van der Waals surface area contributed by atoms with Gasteiger partial charge in [0.05, 0.1) is 14.2 Å². The summed E-state index contributed by atoms with van der Waals surface area (Å²) >= 11 is 3.37. The van der Waals surface area contributed by atoms with Crippen LogP contribution in [0.15, 0.2) is 46.9 Å². The minimum absolute atomic E-state index is 0.606. The molecule has 3 nitrogen and oxygen atoms in total. The number of halogens is 1. The number of ether oxygens (including phenoxy) is 2. The highest BCUT2D eigenvalue weighted by atomic mass is 79.9. The molecule has 2 aromatic carbocycles. The number of aliphatic hydroxyl groups is 1. The molecular formula is C15H15BrO3. The van der Waals surface area contributed by atoms with Gasteiger partial charge in [-0.05, 0) is 29.8 Å². The molecule has 19 heavy (non-hydrogen) atoms. The molecule has 0 saturated heterocycles. The maximum atomic E-state index is 10.4. The number of methoxy groups -OCH3 is 2. The second-order valence-corrected chi connectivity index (χ2v) is 4.98. The quantitative estimate of drug-likeness (QED) is 0.935. The molecule has 0 aliphatic carbocycles. The molecule has 4 heteroatoms. The zero-order chi connectivity index (χ0) is 13.8. The van der Waals surface area contributed by atoms with Gasteiger partial charge < -0.3 is 14.6 Å². The van der Waals surface area contributed by atoms with Crippen molar-refractivity contribution in [2.45, 2.75) is 6.10 Å². The number of rotatable bonds is 4. The molecule has 0 fully saturated rings. The number of benzene rings is 2. The maximum absolute atomic E-state index is 10.4. The van der Waals surface area contributed by atoms with E-state index < -0.39 is 6.10 Å². The Balaban J connectivity index is 2.37. The Morgan fingerprint density at radius 3 is 2.26 bits per heavy atom. The summed E-state index contributed by atoms with van der Waals surface area (Å²) in [7, 11) is 3.17. The molecule has 0 amide bonds. The van der Waals surface area contributed by atoms with Gasteiger partial charge in [-0.15, -0.1) is 0 Å². The molecule has 0 unspecified atom stereocenters. The smallest absolute Gasteiger partial charge is 0.128 e. The van der Waals surface area contributed by atoms with Crippen molar-refractivity contribution in [3.05, 3.63) is 58.1 Å². The van der Waals surface area contributed by atoms with Gasteiger partial charge in [0, 0.05) is 16.1 Å². The summed E-state index contributed by atoms with van der Waals surface area (Å²) < 4.78 is 11.4. The van der Waals surface area contributed by atoms with Crippen molar-refractivity contribution in [1.29, 1.82) is 0 Å². The zero-order valence-corrected chi connectivity index (χ0v) is 12.3. The second kappa shape index (κ2) is 6.08. The lowest BCUT2D eigenvalue weighted by Gasteiger charge is -2.16. The Kier molecular flexibility index (Phi) is 4.45. The predicted molar refractivity (Wildman–Crippen MR) is 77.7 cm³/mol. The van der Waals surface area contributed by atoms with Crippen molar-refractivity contribution in [2.24, 2.45) is 0 Å². The van der Waals surface area contributed by atoms with E-state index in [-0.39, 0.29) is 0 Å². The average molecular weight is 323 g/mol. The summed E-state index contributed by atoms with van der Waals surface area (Å²) in [5, 5.41) is 10.4. The first kappa shape index (κ1) is 13.9. The van der Waals surface area contributed by atoms with E-state index in [4.69, 9.17) is 9.47 Å². The highest BCUT2D eigenvalue weighted by Crippen LogP contribution is 2.33. The van der Waals surface area contributed by atoms with Gasteiger partial charge in [-0.3, -0.25) is 0 Å². The largest absolute Gasteiger partial charge is 0.497 e. The van der Waals surface area contributed by atoms with Crippen LogP contribution in [-0.4, -0.2) is 19.3 Å². The van der Waals surface area contributed by atoms with Gasteiger partial charge in [0.15, 0.2) is 0 Å². The van der Waals surface area contributed by atoms with Crippen molar-refractivity contribution in [2.75, 3.05) is 14.2 Å². The van der Waals surface area contributed by atoms with Gasteiger partial charge in [-0.1, -0.05) is 28.1 Å². The molecule has 1 atom stereocenters. The lowest BCUT2D eigenvalue weighted by atomic mass is 10.0. The van der Waals surface area contributed by atoms with Crippen molar-refractivity contribution < 1.29 is 14.6 Å². The molecule has 0 saturated carbocycles. The van der Waals surface area contributed by atoms with E-state index >= 15 is 0 Å². The van der Waals surface area contributed by atoms with Crippen molar-refractivity contribution in [1.82, 2.24) is 0 Å². The third-order valence-corrected chi connectivity index (χ3v) is 3.45. The van der Waals surface area contributed by atoms with Crippen LogP contribution in [0.25, 0.3) is 0 Å². The van der Waals surface area contributed by atoms with Crippen LogP contribution >= 0.6 is 15.9 Å². The van der Waals surface area contributed by atoms with E-state index in [1.807, 2.05) is 30.3 Å². The van der Waals surface area contributed by atoms with Crippen LogP contribution in [-0.2, 0) is 0 Å². The molecule has 0 aliphatic heterocycles. The molecule has 0 radical (unpaired) electrons. The van der Waals surface area contributed by atoms with Gasteiger partial charge in [0.1, 0.15) is 17.6 Å². The first-order valence-corrected chi connectivity index (χ1v) is 6.60. The fourth-order valence-corrected chi connectivity index (χ4v) is 2.13. The summed E-state index contributed by atoms with van der Waals surface area (Å²) in [6.07, 6.45) is -0.728. The first-order valence-electron chi connectivity index (χ1n) is 5.81. The van der Waals surface area contributed by atoms with Gasteiger partial charge in [0.2, 0.25) is 0 Å². The summed E-state index contributed by atoms with van der Waals surface area (Å²) in [5.41, 5.74) is 1.53. The summed E-state index contributed by atoms with van der Waals surface area (Å²) in [6.45, 7) is 0. The second-order valence-electron chi connectivity index (χ2n) is 4.06. The highest BCUT2D eigenvalue weighted by Gasteiger charge is 2.16. The molecular weight excluding hydrogens is 308 g/mol. The van der Waals surface area contributed by atoms with Gasteiger partial charge in [-0.2, -0.15) is 0 Å². The fraction of sp³-hybridized carbons (Fsp3) is 0.200. The number of hydrogen-bond acceptors (Lipinski definition) is 3. The van der Waals surface area contributed by atoms with E-state index in [0.29, 0.717) is 17.1 Å². The molecule has 2 aromatic rings. The molecule has 0 aromatic heterocycles. The monoisotopic (exact) mass is 322 g/mol. The van der Waals surface area contributed by atoms with Crippen LogP contribution in [0, 0.1) is 0 Å². The molecule has 0 aliphatic rings. The van der Waals surface area contributed by atoms with Gasteiger partial charge in [0.25, 0.3) is 0 Å². The fourth-order valence-electron chi connectivity index (χ4n) is 1.87. The summed E-state index contributed by atoms with van der Waals surface area (Å²) in [4.78, 5) is 0. The highest BCUT2D eigenvalue weighted by molar-refractivity contribution is 9.10. The lowest BCUT2D eigenvalue weighted by Crippen LogP contribution is -2.02. The van der Waals surface area contributed by atoms with Crippen molar-refractivity contribution in [3.63, 3.8) is 0 Å². The number of hydrogen-bond donors (Lipinski definition) is 1. The predicted octanol–water partition coefficient (Wildman–Crippen LogP) is 3.55. The molecule has 0 spiro atoms. The number of aliphatic hydroxyl groups excluding tert-OH is 1. The van der Waals surface area contributed by atoms with E-state index in [0.717, 1.165) is 10.0 Å². The minimum atomic E-state index is -0.728. The Hall–Kier alpha value is -1.52. The van der Waals surface area contributed by atoms with Crippen molar-refractivity contribution >= 4 is 15.9 Å². The van der Waals surface area contributed by atoms with Crippen LogP contribution in [0.3, 0.4) is 0 Å². The molecule has 0 heterocycles. The third-order valence-electron chi connectivity index (χ3n) is 2.92. The van der Waals surface area contributed by atoms with Crippen LogP contribution < -0.4 is 9.47 Å². The van der Waals surface area contributed by atoms with E-state index in [9.17, 15) is 5.11 Å². The van der Waals surface area contributed by atoms with Crippen molar-refractivity contribution in [3.8, 4) is 11.5 Å². The maximum Gasteiger partial charge on any atom is 0.128 e. The van der Waals surface area contributed by atoms with Crippen LogP contribution in [0.4, 0.5) is 0 Å². The van der Waals surface area contributed by atoms with Gasteiger partial charge in [-0.25, -0.2) is 0 Å². The minimum Gasteiger partial charge on any atom is -0.497 e. The SMILES string of the molecule is COc1ccc([C@H](O)c2ccc(Br)cc2)c(OC)c1. The van der Waals surface area contributed by atoms with Crippen LogP contribution in [0.1, 0.15) is 17.2 Å². The summed E-state index contributed by atoms with van der Waals surface area (Å²) in [5.74, 6) is 1.30. The zero-order valence-electron chi connectivity index (χ0n) is 10.8. The Bertz CT molecular complexity index is 552. The normalized spacial score (nSPS) is 12.0.